The minimum Gasteiger partial charge on any atom is -0.507 e. The van der Waals surface area contributed by atoms with Crippen LogP contribution in [0.3, 0.4) is 0 Å². The second-order valence-electron chi connectivity index (χ2n) is 4.62. The molecule has 0 aliphatic carbocycles. The lowest BCUT2D eigenvalue weighted by molar-refractivity contribution is 0.0491. The number of phenols is 1. The smallest absolute Gasteiger partial charge is 0.374 e. The number of fused-ring (bicyclic) bond motifs is 1. The van der Waals surface area contributed by atoms with E-state index in [-0.39, 0.29) is 18.1 Å². The van der Waals surface area contributed by atoms with Gasteiger partial charge in [-0.1, -0.05) is 0 Å². The van der Waals surface area contributed by atoms with Crippen molar-refractivity contribution in [2.24, 2.45) is 0 Å². The van der Waals surface area contributed by atoms with Crippen LogP contribution >= 0.6 is 0 Å². The zero-order chi connectivity index (χ0) is 15.0. The van der Waals surface area contributed by atoms with Gasteiger partial charge in [-0.15, -0.1) is 0 Å². The first-order valence-corrected chi connectivity index (χ1v) is 6.59. The number of phenolic OH excluding ortho intramolecular Hbond substituents is 1. The van der Waals surface area contributed by atoms with Gasteiger partial charge in [-0.2, -0.15) is 0 Å². The minimum atomic E-state index is -0.537. The lowest BCUT2D eigenvalue weighted by Crippen LogP contribution is -2.04. The van der Waals surface area contributed by atoms with Crippen LogP contribution < -0.4 is 0 Å². The summed E-state index contributed by atoms with van der Waals surface area (Å²) >= 11 is 0. The average Bonchev–Trinajstić information content (AvgIpc) is 3.07. The second kappa shape index (κ2) is 5.01. The maximum atomic E-state index is 11.8. The fourth-order valence-corrected chi connectivity index (χ4v) is 2.33. The molecule has 0 aliphatic heterocycles. The first-order chi connectivity index (χ1) is 10.1. The highest BCUT2D eigenvalue weighted by molar-refractivity contribution is 5.99. The molecule has 21 heavy (non-hydrogen) atoms. The van der Waals surface area contributed by atoms with Gasteiger partial charge in [0.1, 0.15) is 17.1 Å². The van der Waals surface area contributed by atoms with Crippen LogP contribution in [0, 0.1) is 6.92 Å². The first-order valence-electron chi connectivity index (χ1n) is 6.59. The van der Waals surface area contributed by atoms with Gasteiger partial charge in [0, 0.05) is 11.1 Å². The molecule has 0 aliphatic rings. The van der Waals surface area contributed by atoms with Crippen molar-refractivity contribution >= 4 is 16.9 Å². The molecule has 1 aromatic carbocycles. The molecule has 0 atom stereocenters. The minimum absolute atomic E-state index is 0.0377. The number of esters is 1. The summed E-state index contributed by atoms with van der Waals surface area (Å²) in [5.41, 5.74) is 1.66. The molecule has 2 heterocycles. The molecule has 5 heteroatoms. The van der Waals surface area contributed by atoms with Crippen LogP contribution in [0.4, 0.5) is 0 Å². The Balaban J connectivity index is 2.18. The van der Waals surface area contributed by atoms with Gasteiger partial charge in [-0.25, -0.2) is 4.79 Å². The van der Waals surface area contributed by atoms with E-state index in [9.17, 15) is 9.90 Å². The van der Waals surface area contributed by atoms with Crippen molar-refractivity contribution in [2.75, 3.05) is 6.61 Å². The molecule has 108 valence electrons. The standard InChI is InChI=1S/C16H14O5/c1-3-19-16(18)15-9(2)14-11(17)7-10(8-13(14)21-15)12-5-4-6-20-12/h4-8,17H,3H2,1-2H3. The van der Waals surface area contributed by atoms with Crippen molar-refractivity contribution in [2.45, 2.75) is 13.8 Å². The number of benzene rings is 1. The number of hydrogen-bond donors (Lipinski definition) is 1. The van der Waals surface area contributed by atoms with Crippen molar-refractivity contribution in [1.82, 2.24) is 0 Å². The van der Waals surface area contributed by atoms with E-state index in [4.69, 9.17) is 13.6 Å². The average molecular weight is 286 g/mol. The molecule has 0 saturated carbocycles. The number of carbonyl (C=O) groups is 1. The highest BCUT2D eigenvalue weighted by Gasteiger charge is 2.21. The van der Waals surface area contributed by atoms with E-state index in [1.54, 1.807) is 44.4 Å². The lowest BCUT2D eigenvalue weighted by Gasteiger charge is -2.00. The molecule has 2 aromatic heterocycles. The Morgan fingerprint density at radius 3 is 2.86 bits per heavy atom. The van der Waals surface area contributed by atoms with Crippen molar-refractivity contribution in [1.29, 1.82) is 0 Å². The normalized spacial score (nSPS) is 11.0. The maximum Gasteiger partial charge on any atom is 0.374 e. The molecule has 0 amide bonds. The van der Waals surface area contributed by atoms with Crippen LogP contribution in [0.1, 0.15) is 23.0 Å². The van der Waals surface area contributed by atoms with Crippen LogP contribution in [0.15, 0.2) is 39.4 Å². The zero-order valence-corrected chi connectivity index (χ0v) is 11.7. The lowest BCUT2D eigenvalue weighted by atomic mass is 10.1. The number of carbonyl (C=O) groups excluding carboxylic acids is 1. The van der Waals surface area contributed by atoms with Crippen LogP contribution in [0.2, 0.25) is 0 Å². The van der Waals surface area contributed by atoms with Gasteiger partial charge < -0.3 is 18.7 Å². The maximum absolute atomic E-state index is 11.8. The molecule has 0 fully saturated rings. The van der Waals surface area contributed by atoms with Crippen molar-refractivity contribution in [3.8, 4) is 17.1 Å². The summed E-state index contributed by atoms with van der Waals surface area (Å²) in [5.74, 6) is 0.221. The zero-order valence-electron chi connectivity index (χ0n) is 11.7. The van der Waals surface area contributed by atoms with E-state index >= 15 is 0 Å². The third-order valence-electron chi connectivity index (χ3n) is 3.28. The molecule has 1 N–H and O–H groups in total. The Bertz CT molecular complexity index is 796. The molecule has 0 saturated heterocycles. The second-order valence-corrected chi connectivity index (χ2v) is 4.62. The predicted octanol–water partition coefficient (Wildman–Crippen LogP) is 3.88. The van der Waals surface area contributed by atoms with Gasteiger partial charge in [0.2, 0.25) is 5.76 Å². The summed E-state index contributed by atoms with van der Waals surface area (Å²) in [6.45, 7) is 3.70. The number of hydrogen-bond acceptors (Lipinski definition) is 5. The molecule has 0 spiro atoms. The monoisotopic (exact) mass is 286 g/mol. The molecule has 0 radical (unpaired) electrons. The van der Waals surface area contributed by atoms with Crippen molar-refractivity contribution in [3.63, 3.8) is 0 Å². The largest absolute Gasteiger partial charge is 0.507 e. The molecule has 3 aromatic rings. The summed E-state index contributed by atoms with van der Waals surface area (Å²) in [7, 11) is 0. The van der Waals surface area contributed by atoms with Crippen LogP contribution in [-0.2, 0) is 4.74 Å². The fourth-order valence-electron chi connectivity index (χ4n) is 2.33. The summed E-state index contributed by atoms with van der Waals surface area (Å²) in [6, 6.07) is 6.85. The van der Waals surface area contributed by atoms with E-state index in [2.05, 4.69) is 0 Å². The predicted molar refractivity (Wildman–Crippen MR) is 76.3 cm³/mol. The molecule has 0 bridgehead atoms. The third kappa shape index (κ3) is 2.16. The van der Waals surface area contributed by atoms with Crippen LogP contribution in [0.5, 0.6) is 5.75 Å². The van der Waals surface area contributed by atoms with Crippen LogP contribution in [0.25, 0.3) is 22.3 Å². The van der Waals surface area contributed by atoms with Gasteiger partial charge in [0.05, 0.1) is 18.3 Å². The quantitative estimate of drug-likeness (QED) is 0.739. The van der Waals surface area contributed by atoms with Gasteiger partial charge in [-0.05, 0) is 38.1 Å². The van der Waals surface area contributed by atoms with Gasteiger partial charge >= 0.3 is 5.97 Å². The SMILES string of the molecule is CCOC(=O)c1oc2cc(-c3ccco3)cc(O)c2c1C. The van der Waals surface area contributed by atoms with E-state index in [1.165, 1.54) is 0 Å². The van der Waals surface area contributed by atoms with Gasteiger partial charge in [0.25, 0.3) is 0 Å². The molecular formula is C16H14O5. The van der Waals surface area contributed by atoms with E-state index < -0.39 is 5.97 Å². The highest BCUT2D eigenvalue weighted by atomic mass is 16.5. The number of aromatic hydroxyl groups is 1. The molecule has 5 nitrogen and oxygen atoms in total. The van der Waals surface area contributed by atoms with Crippen molar-refractivity contribution < 1.29 is 23.5 Å². The molecular weight excluding hydrogens is 272 g/mol. The summed E-state index contributed by atoms with van der Waals surface area (Å²) in [6.07, 6.45) is 1.55. The summed E-state index contributed by atoms with van der Waals surface area (Å²) in [4.78, 5) is 11.8. The number of rotatable bonds is 3. The Morgan fingerprint density at radius 1 is 1.38 bits per heavy atom. The Kier molecular flexibility index (Phi) is 3.17. The van der Waals surface area contributed by atoms with Gasteiger partial charge in [0.15, 0.2) is 0 Å². The molecule has 0 unspecified atom stereocenters. The number of furan rings is 2. The summed E-state index contributed by atoms with van der Waals surface area (Å²) in [5, 5.41) is 10.7. The summed E-state index contributed by atoms with van der Waals surface area (Å²) < 4.78 is 15.8. The van der Waals surface area contributed by atoms with Crippen molar-refractivity contribution in [3.05, 3.63) is 41.9 Å². The van der Waals surface area contributed by atoms with E-state index in [0.717, 1.165) is 0 Å². The van der Waals surface area contributed by atoms with E-state index in [1.807, 2.05) is 0 Å². The Labute approximate surface area is 120 Å². The Hall–Kier alpha value is -2.69. The van der Waals surface area contributed by atoms with Gasteiger partial charge in [-0.3, -0.25) is 0 Å². The Morgan fingerprint density at radius 2 is 2.19 bits per heavy atom. The third-order valence-corrected chi connectivity index (χ3v) is 3.28. The fraction of sp³-hybridized carbons (Fsp3) is 0.188. The molecule has 3 rings (SSSR count). The number of ether oxygens (including phenoxy) is 1. The number of aryl methyl sites for hydroxylation is 1. The first kappa shape index (κ1) is 13.3. The topological polar surface area (TPSA) is 72.8 Å². The highest BCUT2D eigenvalue weighted by Crippen LogP contribution is 2.37. The van der Waals surface area contributed by atoms with Crippen LogP contribution in [-0.4, -0.2) is 17.7 Å². The van der Waals surface area contributed by atoms with E-state index in [0.29, 0.717) is 27.9 Å².